The van der Waals surface area contributed by atoms with Crippen molar-refractivity contribution in [3.8, 4) is 0 Å². The Kier molecular flexibility index (Phi) is 5.31. The molecule has 1 N–H and O–H groups in total. The van der Waals surface area contributed by atoms with Gasteiger partial charge in [0.1, 0.15) is 12.2 Å². The Labute approximate surface area is 78.8 Å². The van der Waals surface area contributed by atoms with Gasteiger partial charge in [-0.2, -0.15) is 0 Å². The predicted molar refractivity (Wildman–Crippen MR) is 47.7 cm³/mol. The molecule has 2 aliphatic rings. The SMILES string of the molecule is C(OCC1CO1)C1CO1.CCCO. The smallest absolute Gasteiger partial charge is 0.104 e. The number of rotatable bonds is 5. The molecule has 2 aliphatic heterocycles. The van der Waals surface area contributed by atoms with E-state index in [1.54, 1.807) is 0 Å². The van der Waals surface area contributed by atoms with E-state index in [9.17, 15) is 0 Å². The fourth-order valence-electron chi connectivity index (χ4n) is 0.659. The van der Waals surface area contributed by atoms with Crippen molar-refractivity contribution in [1.82, 2.24) is 0 Å². The van der Waals surface area contributed by atoms with Gasteiger partial charge in [-0.25, -0.2) is 0 Å². The fourth-order valence-corrected chi connectivity index (χ4v) is 0.659. The van der Waals surface area contributed by atoms with Crippen molar-refractivity contribution < 1.29 is 19.3 Å². The summed E-state index contributed by atoms with van der Waals surface area (Å²) in [6, 6.07) is 0. The summed E-state index contributed by atoms with van der Waals surface area (Å²) < 4.78 is 15.1. The molecule has 0 bridgehead atoms. The van der Waals surface area contributed by atoms with Gasteiger partial charge in [-0.1, -0.05) is 6.92 Å². The molecular weight excluding hydrogens is 172 g/mol. The molecule has 0 radical (unpaired) electrons. The maximum Gasteiger partial charge on any atom is 0.104 e. The van der Waals surface area contributed by atoms with Gasteiger partial charge in [-0.3, -0.25) is 0 Å². The third-order valence-corrected chi connectivity index (χ3v) is 1.64. The van der Waals surface area contributed by atoms with Crippen LogP contribution in [0.15, 0.2) is 0 Å². The number of hydrogen-bond donors (Lipinski definition) is 1. The van der Waals surface area contributed by atoms with E-state index < -0.39 is 0 Å². The predicted octanol–water partition coefficient (Wildman–Crippen LogP) is 0.189. The zero-order valence-electron chi connectivity index (χ0n) is 8.07. The Morgan fingerprint density at radius 1 is 1.23 bits per heavy atom. The molecule has 2 rings (SSSR count). The first kappa shape index (κ1) is 10.9. The summed E-state index contributed by atoms with van der Waals surface area (Å²) in [5, 5.41) is 7.88. The summed E-state index contributed by atoms with van der Waals surface area (Å²) in [4.78, 5) is 0. The van der Waals surface area contributed by atoms with Gasteiger partial charge in [0, 0.05) is 6.61 Å². The number of epoxide rings is 2. The average Bonchev–Trinajstić information content (AvgIpc) is 2.98. The molecule has 2 atom stereocenters. The first-order valence-corrected chi connectivity index (χ1v) is 4.78. The van der Waals surface area contributed by atoms with Gasteiger partial charge in [-0.05, 0) is 6.42 Å². The zero-order chi connectivity index (χ0) is 9.52. The Hall–Kier alpha value is -0.160. The Morgan fingerprint density at radius 3 is 1.85 bits per heavy atom. The first-order chi connectivity index (χ1) is 6.36. The molecule has 4 nitrogen and oxygen atoms in total. The lowest BCUT2D eigenvalue weighted by atomic mass is 10.5. The minimum atomic E-state index is 0.319. The number of aliphatic hydroxyl groups is 1. The molecule has 0 saturated carbocycles. The Morgan fingerprint density at radius 2 is 1.62 bits per heavy atom. The van der Waals surface area contributed by atoms with Gasteiger partial charge in [-0.15, -0.1) is 0 Å². The van der Waals surface area contributed by atoms with E-state index in [2.05, 4.69) is 0 Å². The number of aliphatic hydroxyl groups excluding tert-OH is 1. The second-order valence-electron chi connectivity index (χ2n) is 3.17. The van der Waals surface area contributed by atoms with Crippen LogP contribution in [0.2, 0.25) is 0 Å². The fraction of sp³-hybridized carbons (Fsp3) is 1.00. The molecule has 0 aromatic rings. The van der Waals surface area contributed by atoms with E-state index >= 15 is 0 Å². The van der Waals surface area contributed by atoms with Gasteiger partial charge >= 0.3 is 0 Å². The summed E-state index contributed by atoms with van der Waals surface area (Å²) in [7, 11) is 0. The van der Waals surface area contributed by atoms with E-state index in [0.717, 1.165) is 32.8 Å². The van der Waals surface area contributed by atoms with E-state index in [0.29, 0.717) is 18.8 Å². The largest absolute Gasteiger partial charge is 0.396 e. The maximum atomic E-state index is 7.88. The van der Waals surface area contributed by atoms with Crippen molar-refractivity contribution in [3.63, 3.8) is 0 Å². The van der Waals surface area contributed by atoms with Gasteiger partial charge < -0.3 is 19.3 Å². The van der Waals surface area contributed by atoms with Crippen LogP contribution in [0.1, 0.15) is 13.3 Å². The van der Waals surface area contributed by atoms with Gasteiger partial charge in [0.2, 0.25) is 0 Å². The van der Waals surface area contributed by atoms with Crippen molar-refractivity contribution >= 4 is 0 Å². The molecule has 0 spiro atoms. The average molecular weight is 190 g/mol. The molecule has 2 heterocycles. The van der Waals surface area contributed by atoms with Crippen LogP contribution in [-0.2, 0) is 14.2 Å². The lowest BCUT2D eigenvalue weighted by Gasteiger charge is -1.95. The quantitative estimate of drug-likeness (QED) is 0.629. The molecular formula is C9H18O4. The highest BCUT2D eigenvalue weighted by molar-refractivity contribution is 4.71. The van der Waals surface area contributed by atoms with Gasteiger partial charge in [0.25, 0.3) is 0 Å². The third kappa shape index (κ3) is 6.95. The van der Waals surface area contributed by atoms with Gasteiger partial charge in [0.05, 0.1) is 26.4 Å². The summed E-state index contributed by atoms with van der Waals surface area (Å²) in [5.74, 6) is 0. The van der Waals surface area contributed by atoms with Crippen LogP contribution < -0.4 is 0 Å². The normalized spacial score (nSPS) is 29.1. The lowest BCUT2D eigenvalue weighted by molar-refractivity contribution is 0.102. The number of ether oxygens (including phenoxy) is 3. The molecule has 13 heavy (non-hydrogen) atoms. The van der Waals surface area contributed by atoms with E-state index in [1.807, 2.05) is 6.92 Å². The van der Waals surface area contributed by atoms with Crippen molar-refractivity contribution in [2.24, 2.45) is 0 Å². The highest BCUT2D eigenvalue weighted by atomic mass is 16.6. The van der Waals surface area contributed by atoms with Crippen LogP contribution in [0.3, 0.4) is 0 Å². The third-order valence-electron chi connectivity index (χ3n) is 1.64. The molecule has 78 valence electrons. The molecule has 4 heteroatoms. The molecule has 0 aromatic carbocycles. The summed E-state index contributed by atoms with van der Waals surface area (Å²) in [6.45, 7) is 5.51. The monoisotopic (exact) mass is 190 g/mol. The van der Waals surface area contributed by atoms with Crippen LogP contribution in [0.25, 0.3) is 0 Å². The van der Waals surface area contributed by atoms with E-state index in [4.69, 9.17) is 19.3 Å². The molecule has 0 amide bonds. The standard InChI is InChI=1S/C6H10O3.C3H8O/c1(5-3-8-5)7-2-6-4-9-6;1-2-3-4/h5-6H,1-4H2;4H,2-3H2,1H3. The Bertz CT molecular complexity index is 107. The van der Waals surface area contributed by atoms with Crippen molar-refractivity contribution in [3.05, 3.63) is 0 Å². The highest BCUT2D eigenvalue weighted by Crippen LogP contribution is 2.12. The second kappa shape index (κ2) is 6.32. The van der Waals surface area contributed by atoms with Crippen LogP contribution in [0.5, 0.6) is 0 Å². The van der Waals surface area contributed by atoms with Crippen molar-refractivity contribution in [2.75, 3.05) is 33.0 Å². The van der Waals surface area contributed by atoms with E-state index in [1.165, 1.54) is 0 Å². The summed E-state index contributed by atoms with van der Waals surface area (Å²) >= 11 is 0. The number of hydrogen-bond acceptors (Lipinski definition) is 4. The minimum Gasteiger partial charge on any atom is -0.396 e. The molecule has 0 aromatic heterocycles. The summed E-state index contributed by atoms with van der Waals surface area (Å²) in [5.41, 5.74) is 0. The van der Waals surface area contributed by atoms with E-state index in [-0.39, 0.29) is 0 Å². The molecule has 2 unspecified atom stereocenters. The minimum absolute atomic E-state index is 0.319. The van der Waals surface area contributed by atoms with Gasteiger partial charge in [0.15, 0.2) is 0 Å². The molecule has 0 aliphatic carbocycles. The van der Waals surface area contributed by atoms with Crippen molar-refractivity contribution in [1.29, 1.82) is 0 Å². The molecule has 2 saturated heterocycles. The van der Waals surface area contributed by atoms with Crippen LogP contribution in [0.4, 0.5) is 0 Å². The van der Waals surface area contributed by atoms with Crippen LogP contribution in [-0.4, -0.2) is 50.3 Å². The lowest BCUT2D eigenvalue weighted by Crippen LogP contribution is -2.06. The second-order valence-corrected chi connectivity index (χ2v) is 3.17. The van der Waals surface area contributed by atoms with Crippen LogP contribution >= 0.6 is 0 Å². The maximum absolute atomic E-state index is 7.88. The van der Waals surface area contributed by atoms with Crippen molar-refractivity contribution in [2.45, 2.75) is 25.6 Å². The topological polar surface area (TPSA) is 54.5 Å². The Balaban J connectivity index is 0.000000184. The zero-order valence-corrected chi connectivity index (χ0v) is 8.07. The highest BCUT2D eigenvalue weighted by Gasteiger charge is 2.26. The summed E-state index contributed by atoms with van der Waals surface area (Å²) in [6.07, 6.45) is 1.66. The molecule has 2 fully saturated rings. The first-order valence-electron chi connectivity index (χ1n) is 4.78. The van der Waals surface area contributed by atoms with Crippen LogP contribution in [0, 0.1) is 0 Å².